The van der Waals surface area contributed by atoms with Crippen molar-refractivity contribution in [3.63, 3.8) is 0 Å². The van der Waals surface area contributed by atoms with Crippen LogP contribution in [-0.4, -0.2) is 4.57 Å². The molecule has 0 N–H and O–H groups in total. The highest BCUT2D eigenvalue weighted by atomic mass is 15.1. The predicted octanol–water partition coefficient (Wildman–Crippen LogP) is 16.5. The molecule has 0 saturated carbocycles. The van der Waals surface area contributed by atoms with E-state index in [1.807, 2.05) is 0 Å². The van der Waals surface area contributed by atoms with Crippen LogP contribution in [0.25, 0.3) is 82.4 Å². The Hall–Kier alpha value is -7.68. The second-order valence-electron chi connectivity index (χ2n) is 17.4. The van der Waals surface area contributed by atoms with Crippen molar-refractivity contribution in [1.82, 2.24) is 4.57 Å². The molecule has 11 aromatic rings. The van der Waals surface area contributed by atoms with Crippen LogP contribution in [0.5, 0.6) is 0 Å². The van der Waals surface area contributed by atoms with Crippen LogP contribution >= 0.6 is 0 Å². The summed E-state index contributed by atoms with van der Waals surface area (Å²) in [6, 6.07) is 78.6. The second-order valence-corrected chi connectivity index (χ2v) is 17.4. The molecule has 0 unspecified atom stereocenters. The molecule has 1 aliphatic rings. The van der Waals surface area contributed by atoms with Crippen LogP contribution in [0.4, 0.5) is 17.1 Å². The van der Waals surface area contributed by atoms with Crippen molar-refractivity contribution in [2.24, 2.45) is 0 Å². The van der Waals surface area contributed by atoms with E-state index in [9.17, 15) is 0 Å². The summed E-state index contributed by atoms with van der Waals surface area (Å²) in [5.74, 6) is 0. The lowest BCUT2D eigenvalue weighted by Crippen LogP contribution is -2.16. The van der Waals surface area contributed by atoms with Crippen LogP contribution < -0.4 is 4.90 Å². The molecule has 0 bridgehead atoms. The molecule has 294 valence electrons. The summed E-state index contributed by atoms with van der Waals surface area (Å²) in [5.41, 5.74) is 18.2. The number of para-hydroxylation sites is 2. The molecule has 0 saturated heterocycles. The zero-order valence-corrected chi connectivity index (χ0v) is 35.1. The zero-order chi connectivity index (χ0) is 41.5. The van der Waals surface area contributed by atoms with E-state index < -0.39 is 0 Å². The van der Waals surface area contributed by atoms with Gasteiger partial charge in [-0.1, -0.05) is 183 Å². The van der Waals surface area contributed by atoms with Crippen molar-refractivity contribution in [2.45, 2.75) is 26.2 Å². The molecule has 0 atom stereocenters. The van der Waals surface area contributed by atoms with E-state index in [0.717, 1.165) is 28.3 Å². The fraction of sp³-hybridized carbons (Fsp3) is 0.0667. The Bertz CT molecular complexity index is 3560. The van der Waals surface area contributed by atoms with Gasteiger partial charge in [-0.2, -0.15) is 0 Å². The first kappa shape index (κ1) is 36.2. The predicted molar refractivity (Wildman–Crippen MR) is 264 cm³/mol. The lowest BCUT2D eigenvalue weighted by Gasteiger charge is -2.28. The number of fused-ring (bicyclic) bond motifs is 9. The van der Waals surface area contributed by atoms with Gasteiger partial charge in [0.25, 0.3) is 0 Å². The number of hydrogen-bond donors (Lipinski definition) is 0. The molecular formula is C60H44N2. The van der Waals surface area contributed by atoms with Crippen LogP contribution in [-0.2, 0) is 5.41 Å². The second kappa shape index (κ2) is 13.9. The minimum absolute atomic E-state index is 0.174. The fourth-order valence-corrected chi connectivity index (χ4v) is 10.4. The number of hydrogen-bond acceptors (Lipinski definition) is 1. The van der Waals surface area contributed by atoms with Gasteiger partial charge in [0.2, 0.25) is 0 Å². The maximum Gasteiger partial charge on any atom is 0.0562 e. The Morgan fingerprint density at radius 1 is 0.387 bits per heavy atom. The molecule has 1 heterocycles. The minimum Gasteiger partial charge on any atom is -0.310 e. The third kappa shape index (κ3) is 5.57. The summed E-state index contributed by atoms with van der Waals surface area (Å²) >= 11 is 0. The Labute approximate surface area is 362 Å². The molecule has 0 fully saturated rings. The highest BCUT2D eigenvalue weighted by Gasteiger charge is 2.37. The van der Waals surface area contributed by atoms with Gasteiger partial charge in [-0.25, -0.2) is 0 Å². The summed E-state index contributed by atoms with van der Waals surface area (Å²) < 4.78 is 2.48. The molecule has 2 heteroatoms. The Kier molecular flexibility index (Phi) is 8.14. The summed E-state index contributed by atoms with van der Waals surface area (Å²) in [6.45, 7) is 6.93. The number of nitrogens with zero attached hydrogens (tertiary/aromatic N) is 2. The molecule has 2 nitrogen and oxygen atoms in total. The first-order chi connectivity index (χ1) is 30.4. The Morgan fingerprint density at radius 2 is 1.02 bits per heavy atom. The number of aryl methyl sites for hydroxylation is 1. The van der Waals surface area contributed by atoms with E-state index in [-0.39, 0.29) is 5.41 Å². The van der Waals surface area contributed by atoms with Gasteiger partial charge >= 0.3 is 0 Å². The van der Waals surface area contributed by atoms with Gasteiger partial charge in [0.15, 0.2) is 0 Å². The van der Waals surface area contributed by atoms with Crippen molar-refractivity contribution in [3.8, 4) is 39.1 Å². The van der Waals surface area contributed by atoms with E-state index in [2.05, 4.69) is 243 Å². The third-order valence-corrected chi connectivity index (χ3v) is 13.4. The van der Waals surface area contributed by atoms with Crippen molar-refractivity contribution in [3.05, 3.63) is 229 Å². The molecule has 0 aliphatic heterocycles. The first-order valence-corrected chi connectivity index (χ1v) is 21.7. The SMILES string of the molecule is Cc1cccc(-c2ccc(N(c3ccc4c(c3)C(C)(C)c3ccc5ccccc5c3-4)c3ccc4c5ccccc5n(-c5ccccc5-c5cccc6ccccc56)c4c3)cc2)c1. The number of aromatic nitrogens is 1. The molecule has 10 aromatic carbocycles. The van der Waals surface area contributed by atoms with E-state index in [0.29, 0.717) is 0 Å². The van der Waals surface area contributed by atoms with Crippen molar-refractivity contribution >= 4 is 60.4 Å². The quantitative estimate of drug-likeness (QED) is 0.163. The van der Waals surface area contributed by atoms with E-state index in [4.69, 9.17) is 0 Å². The average Bonchev–Trinajstić information content (AvgIpc) is 3.76. The molecule has 1 aliphatic carbocycles. The summed E-state index contributed by atoms with van der Waals surface area (Å²) in [7, 11) is 0. The van der Waals surface area contributed by atoms with E-state index in [1.54, 1.807) is 0 Å². The largest absolute Gasteiger partial charge is 0.310 e. The third-order valence-electron chi connectivity index (χ3n) is 13.4. The van der Waals surface area contributed by atoms with Crippen LogP contribution in [0.15, 0.2) is 212 Å². The monoisotopic (exact) mass is 792 g/mol. The van der Waals surface area contributed by atoms with Crippen LogP contribution in [0.1, 0.15) is 30.5 Å². The molecule has 0 radical (unpaired) electrons. The number of rotatable bonds is 6. The normalized spacial score (nSPS) is 12.9. The maximum atomic E-state index is 2.48. The highest BCUT2D eigenvalue weighted by Crippen LogP contribution is 2.53. The van der Waals surface area contributed by atoms with Gasteiger partial charge in [-0.15, -0.1) is 0 Å². The summed E-state index contributed by atoms with van der Waals surface area (Å²) in [4.78, 5) is 2.45. The standard InChI is InChI=1S/C60H44N2/c1-39-14-12-18-43(36-39)40-26-29-44(30-27-40)61(45-32-34-53-55(37-45)60(2,3)54-35-28-42-16-5-7-20-48(42)59(53)54)46-31-33-52-51-22-9-11-25-57(51)62(58(52)38-46)56-24-10-8-21-50(56)49-23-13-17-41-15-4-6-19-47(41)49/h4-38H,1-3H3. The lowest BCUT2D eigenvalue weighted by molar-refractivity contribution is 0.661. The molecule has 0 spiro atoms. The average molecular weight is 793 g/mol. The van der Waals surface area contributed by atoms with Gasteiger partial charge in [0, 0.05) is 38.8 Å². The van der Waals surface area contributed by atoms with Crippen molar-refractivity contribution in [2.75, 3.05) is 4.90 Å². The molecular weight excluding hydrogens is 749 g/mol. The molecule has 62 heavy (non-hydrogen) atoms. The Balaban J connectivity index is 1.08. The van der Waals surface area contributed by atoms with Gasteiger partial charge in [-0.05, 0) is 116 Å². The molecule has 1 aromatic heterocycles. The van der Waals surface area contributed by atoms with Crippen LogP contribution in [0.2, 0.25) is 0 Å². The fourth-order valence-electron chi connectivity index (χ4n) is 10.4. The van der Waals surface area contributed by atoms with Gasteiger partial charge < -0.3 is 9.47 Å². The number of benzene rings is 10. The minimum atomic E-state index is -0.174. The van der Waals surface area contributed by atoms with Crippen LogP contribution in [0, 0.1) is 6.92 Å². The van der Waals surface area contributed by atoms with Gasteiger partial charge in [0.1, 0.15) is 0 Å². The Morgan fingerprint density at radius 3 is 1.85 bits per heavy atom. The summed E-state index contributed by atoms with van der Waals surface area (Å²) in [6.07, 6.45) is 0. The zero-order valence-electron chi connectivity index (χ0n) is 35.1. The lowest BCUT2D eigenvalue weighted by atomic mass is 9.82. The maximum absolute atomic E-state index is 2.48. The topological polar surface area (TPSA) is 8.17 Å². The smallest absolute Gasteiger partial charge is 0.0562 e. The molecule has 12 rings (SSSR count). The first-order valence-electron chi connectivity index (χ1n) is 21.7. The summed E-state index contributed by atoms with van der Waals surface area (Å²) in [5, 5.41) is 7.54. The van der Waals surface area contributed by atoms with E-state index >= 15 is 0 Å². The van der Waals surface area contributed by atoms with Gasteiger partial charge in [-0.3, -0.25) is 0 Å². The van der Waals surface area contributed by atoms with Crippen molar-refractivity contribution < 1.29 is 0 Å². The van der Waals surface area contributed by atoms with E-state index in [1.165, 1.54) is 87.9 Å². The van der Waals surface area contributed by atoms with Gasteiger partial charge in [0.05, 0.1) is 16.7 Å². The highest BCUT2D eigenvalue weighted by molar-refractivity contribution is 6.11. The van der Waals surface area contributed by atoms with Crippen molar-refractivity contribution in [1.29, 1.82) is 0 Å². The van der Waals surface area contributed by atoms with Crippen LogP contribution in [0.3, 0.4) is 0 Å². The number of anilines is 3. The molecule has 0 amide bonds.